The molecule has 0 unspecified atom stereocenters. The molecule has 1 atom stereocenters. The highest BCUT2D eigenvalue weighted by Crippen LogP contribution is 2.28. The summed E-state index contributed by atoms with van der Waals surface area (Å²) in [6.07, 6.45) is -0.472. The second-order valence-electron chi connectivity index (χ2n) is 6.89. The van der Waals surface area contributed by atoms with E-state index in [0.29, 0.717) is 13.1 Å². The van der Waals surface area contributed by atoms with Gasteiger partial charge in [-0.25, -0.2) is 0 Å². The van der Waals surface area contributed by atoms with E-state index in [-0.39, 0.29) is 12.1 Å². The molecular weight excluding hydrogens is 288 g/mol. The highest BCUT2D eigenvalue weighted by Gasteiger charge is 2.22. The molecule has 4 nitrogen and oxygen atoms in total. The van der Waals surface area contributed by atoms with E-state index >= 15 is 0 Å². The summed E-state index contributed by atoms with van der Waals surface area (Å²) in [5, 5.41) is 24.2. The Morgan fingerprint density at radius 3 is 2.04 bits per heavy atom. The molecule has 0 bridgehead atoms. The van der Waals surface area contributed by atoms with Crippen LogP contribution in [0, 0.1) is 0 Å². The zero-order valence-corrected chi connectivity index (χ0v) is 13.7. The summed E-state index contributed by atoms with van der Waals surface area (Å²) in [5.41, 5.74) is 2.03. The molecule has 122 valence electrons. The van der Waals surface area contributed by atoms with Crippen LogP contribution in [0.5, 0.6) is 0 Å². The minimum Gasteiger partial charge on any atom is -0.390 e. The largest absolute Gasteiger partial charge is 0.390 e. The number of aromatic nitrogens is 1. The van der Waals surface area contributed by atoms with Crippen LogP contribution in [0.15, 0.2) is 48.5 Å². The first-order valence-electron chi connectivity index (χ1n) is 8.11. The molecule has 1 heterocycles. The van der Waals surface area contributed by atoms with Crippen LogP contribution in [-0.4, -0.2) is 39.6 Å². The fourth-order valence-electron chi connectivity index (χ4n) is 3.00. The van der Waals surface area contributed by atoms with E-state index in [2.05, 4.69) is 28.8 Å². The maximum Gasteiger partial charge on any atom is 0.121 e. The quantitative estimate of drug-likeness (QED) is 0.646. The highest BCUT2D eigenvalue weighted by molar-refractivity contribution is 6.07. The van der Waals surface area contributed by atoms with Gasteiger partial charge in [0, 0.05) is 21.8 Å². The van der Waals surface area contributed by atoms with Gasteiger partial charge >= 0.3 is 0 Å². The van der Waals surface area contributed by atoms with Crippen molar-refractivity contribution < 1.29 is 15.5 Å². The van der Waals surface area contributed by atoms with Crippen LogP contribution >= 0.6 is 0 Å². The number of fused-ring (bicyclic) bond motifs is 3. The first-order chi connectivity index (χ1) is 11.0. The van der Waals surface area contributed by atoms with Crippen LogP contribution in [0.3, 0.4) is 0 Å². The van der Waals surface area contributed by atoms with Crippen molar-refractivity contribution in [2.45, 2.75) is 32.0 Å². The molecule has 1 aromatic heterocycles. The summed E-state index contributed by atoms with van der Waals surface area (Å²) in [6, 6.07) is 16.6. The molecule has 0 fully saturated rings. The molecule has 0 saturated heterocycles. The Kier molecular flexibility index (Phi) is 4.39. The van der Waals surface area contributed by atoms with E-state index in [0.717, 1.165) is 11.0 Å². The maximum atomic E-state index is 10.5. The van der Waals surface area contributed by atoms with Crippen molar-refractivity contribution in [1.82, 2.24) is 4.57 Å². The third-order valence-corrected chi connectivity index (χ3v) is 4.42. The topological polar surface area (TPSA) is 62.0 Å². The lowest BCUT2D eigenvalue weighted by Gasteiger charge is -2.22. The van der Waals surface area contributed by atoms with Crippen LogP contribution in [-0.2, 0) is 6.54 Å². The molecule has 0 aliphatic rings. The number of aliphatic hydroxyl groups is 2. The predicted molar refractivity (Wildman–Crippen MR) is 93.4 cm³/mol. The third-order valence-electron chi connectivity index (χ3n) is 4.42. The Morgan fingerprint density at radius 2 is 1.52 bits per heavy atom. The van der Waals surface area contributed by atoms with Gasteiger partial charge in [-0.2, -0.15) is 0 Å². The van der Waals surface area contributed by atoms with Gasteiger partial charge in [-0.15, -0.1) is 0 Å². The average Bonchev–Trinajstić information content (AvgIpc) is 2.88. The van der Waals surface area contributed by atoms with Gasteiger partial charge in [0.2, 0.25) is 0 Å². The Bertz CT molecular complexity index is 754. The molecule has 0 amide bonds. The molecule has 2 aromatic carbocycles. The molecule has 0 spiro atoms. The van der Waals surface area contributed by atoms with E-state index in [1.807, 2.05) is 43.4 Å². The summed E-state index contributed by atoms with van der Waals surface area (Å²) < 4.78 is 2.19. The van der Waals surface area contributed by atoms with Crippen molar-refractivity contribution in [2.75, 3.05) is 13.2 Å². The molecule has 0 aliphatic heterocycles. The number of nitrogens with zero attached hydrogens (tertiary/aromatic N) is 1. The predicted octanol–water partition coefficient (Wildman–Crippen LogP) is 1.49. The number of benzene rings is 2. The average molecular weight is 313 g/mol. The maximum absolute atomic E-state index is 10.5. The third kappa shape index (κ3) is 3.24. The summed E-state index contributed by atoms with van der Waals surface area (Å²) in [4.78, 5) is 0. The molecule has 0 saturated carbocycles. The summed E-state index contributed by atoms with van der Waals surface area (Å²) >= 11 is 0. The molecule has 4 heteroatoms. The lowest BCUT2D eigenvalue weighted by Crippen LogP contribution is -2.97. The number of hydrogen-bond acceptors (Lipinski definition) is 2. The lowest BCUT2D eigenvalue weighted by atomic mass is 10.1. The Balaban J connectivity index is 1.90. The van der Waals surface area contributed by atoms with Crippen LogP contribution in [0.25, 0.3) is 21.8 Å². The lowest BCUT2D eigenvalue weighted by molar-refractivity contribution is -0.727. The normalized spacial score (nSPS) is 13.7. The standard InChI is InChI=1S/C19H24N2O2/c1-19(2,13-22)20-11-14(23)12-21-17-9-5-3-7-15(17)16-8-4-6-10-18(16)21/h3-10,14,20,22-23H,11-13H2,1-2H3/p+1/t14-/m0/s1. The van der Waals surface area contributed by atoms with Crippen LogP contribution in [0.4, 0.5) is 0 Å². The molecule has 0 aliphatic carbocycles. The van der Waals surface area contributed by atoms with Crippen molar-refractivity contribution in [3.63, 3.8) is 0 Å². The van der Waals surface area contributed by atoms with Gasteiger partial charge < -0.3 is 20.1 Å². The number of quaternary nitrogens is 1. The molecule has 3 aromatic rings. The van der Waals surface area contributed by atoms with Crippen LogP contribution in [0.1, 0.15) is 13.8 Å². The summed E-state index contributed by atoms with van der Waals surface area (Å²) in [6.45, 7) is 5.15. The molecule has 0 radical (unpaired) electrons. The number of rotatable bonds is 6. The number of hydrogen-bond donors (Lipinski definition) is 3. The zero-order valence-electron chi connectivity index (χ0n) is 13.7. The second kappa shape index (κ2) is 6.32. The van der Waals surface area contributed by atoms with E-state index in [9.17, 15) is 10.2 Å². The molecular formula is C19H25N2O2+. The monoisotopic (exact) mass is 313 g/mol. The summed E-state index contributed by atoms with van der Waals surface area (Å²) in [7, 11) is 0. The zero-order chi connectivity index (χ0) is 16.4. The van der Waals surface area contributed by atoms with E-state index < -0.39 is 6.10 Å². The number of nitrogens with two attached hydrogens (primary N) is 1. The van der Waals surface area contributed by atoms with Gasteiger partial charge in [0.1, 0.15) is 18.2 Å². The van der Waals surface area contributed by atoms with Crippen LogP contribution in [0.2, 0.25) is 0 Å². The van der Waals surface area contributed by atoms with Gasteiger partial charge in [0.25, 0.3) is 0 Å². The van der Waals surface area contributed by atoms with Gasteiger partial charge in [0.05, 0.1) is 13.2 Å². The molecule has 4 N–H and O–H groups in total. The Hall–Kier alpha value is -1.88. The molecule has 3 rings (SSSR count). The van der Waals surface area contributed by atoms with Crippen LogP contribution < -0.4 is 5.32 Å². The molecule has 23 heavy (non-hydrogen) atoms. The first kappa shape index (κ1) is 16.0. The van der Waals surface area contributed by atoms with E-state index in [4.69, 9.17) is 0 Å². The highest BCUT2D eigenvalue weighted by atomic mass is 16.3. The minimum atomic E-state index is -0.472. The second-order valence-corrected chi connectivity index (χ2v) is 6.89. The summed E-state index contributed by atoms with van der Waals surface area (Å²) in [5.74, 6) is 0. The van der Waals surface area contributed by atoms with E-state index in [1.54, 1.807) is 0 Å². The minimum absolute atomic E-state index is 0.0924. The van der Waals surface area contributed by atoms with Gasteiger partial charge in [-0.3, -0.25) is 0 Å². The smallest absolute Gasteiger partial charge is 0.121 e. The van der Waals surface area contributed by atoms with Crippen molar-refractivity contribution in [3.8, 4) is 0 Å². The van der Waals surface area contributed by atoms with Gasteiger partial charge in [-0.1, -0.05) is 36.4 Å². The fourth-order valence-corrected chi connectivity index (χ4v) is 3.00. The number of aliphatic hydroxyl groups excluding tert-OH is 2. The van der Waals surface area contributed by atoms with Crippen molar-refractivity contribution in [2.24, 2.45) is 0 Å². The van der Waals surface area contributed by atoms with E-state index in [1.165, 1.54) is 10.8 Å². The number of para-hydroxylation sites is 2. The SMILES string of the molecule is CC(C)(CO)[NH2+]C[C@H](O)Cn1c2ccccc2c2ccccc21. The first-order valence-corrected chi connectivity index (χ1v) is 8.11. The van der Waals surface area contributed by atoms with Gasteiger partial charge in [0.15, 0.2) is 0 Å². The van der Waals surface area contributed by atoms with Crippen molar-refractivity contribution in [1.29, 1.82) is 0 Å². The fraction of sp³-hybridized carbons (Fsp3) is 0.368. The van der Waals surface area contributed by atoms with Gasteiger partial charge in [-0.05, 0) is 26.0 Å². The van der Waals surface area contributed by atoms with Crippen molar-refractivity contribution >= 4 is 21.8 Å². The Morgan fingerprint density at radius 1 is 1.00 bits per heavy atom. The Labute approximate surface area is 136 Å². The van der Waals surface area contributed by atoms with Crippen molar-refractivity contribution in [3.05, 3.63) is 48.5 Å².